The number of nitrogens with zero attached hydrogens (tertiary/aromatic N) is 2. The van der Waals surface area contributed by atoms with E-state index in [-0.39, 0.29) is 0 Å². The average molecular weight is 193 g/mol. The van der Waals surface area contributed by atoms with Gasteiger partial charge in [0, 0.05) is 18.4 Å². The summed E-state index contributed by atoms with van der Waals surface area (Å²) in [5, 5.41) is 3.00. The Labute approximate surface area is 86.0 Å². The molecule has 0 aromatic carbocycles. The van der Waals surface area contributed by atoms with E-state index in [0.717, 1.165) is 17.3 Å². The number of nitrogens with one attached hydrogen (secondary N) is 1. The van der Waals surface area contributed by atoms with Crippen LogP contribution in [-0.2, 0) is 0 Å². The van der Waals surface area contributed by atoms with E-state index in [0.29, 0.717) is 11.8 Å². The van der Waals surface area contributed by atoms with Gasteiger partial charge in [0.15, 0.2) is 0 Å². The van der Waals surface area contributed by atoms with Gasteiger partial charge >= 0.3 is 0 Å². The van der Waals surface area contributed by atoms with Crippen molar-refractivity contribution < 1.29 is 0 Å². The molecule has 0 saturated carbocycles. The van der Waals surface area contributed by atoms with Gasteiger partial charge in [0.25, 0.3) is 0 Å². The molecule has 1 aromatic rings. The smallest absolute Gasteiger partial charge is 0.222 e. The number of hydrogen-bond donors (Lipinski definition) is 1. The lowest BCUT2D eigenvalue weighted by Gasteiger charge is -2.11. The molecule has 0 fully saturated rings. The predicted molar refractivity (Wildman–Crippen MR) is 59.8 cm³/mol. The molecule has 0 aliphatic rings. The summed E-state index contributed by atoms with van der Waals surface area (Å²) in [5.74, 6) is 1.62. The molecular formula is C11H19N3. The topological polar surface area (TPSA) is 37.8 Å². The lowest BCUT2D eigenvalue weighted by Crippen LogP contribution is -2.05. The van der Waals surface area contributed by atoms with Gasteiger partial charge in [0.05, 0.1) is 0 Å². The highest BCUT2D eigenvalue weighted by Crippen LogP contribution is 2.19. The molecule has 0 atom stereocenters. The molecule has 1 aromatic heterocycles. The first kappa shape index (κ1) is 11.0. The van der Waals surface area contributed by atoms with Crippen LogP contribution in [0.1, 0.15) is 50.9 Å². The van der Waals surface area contributed by atoms with Crippen LogP contribution in [0, 0.1) is 0 Å². The van der Waals surface area contributed by atoms with Crippen molar-refractivity contribution in [2.24, 2.45) is 0 Å². The highest BCUT2D eigenvalue weighted by Gasteiger charge is 2.08. The van der Waals surface area contributed by atoms with Crippen LogP contribution in [0.15, 0.2) is 6.07 Å². The summed E-state index contributed by atoms with van der Waals surface area (Å²) in [6.45, 7) is 8.58. The summed E-state index contributed by atoms with van der Waals surface area (Å²) in [5.41, 5.74) is 2.21. The van der Waals surface area contributed by atoms with Gasteiger partial charge in [0.1, 0.15) is 0 Å². The lowest BCUT2D eigenvalue weighted by atomic mass is 10.1. The number of aromatic nitrogens is 2. The van der Waals surface area contributed by atoms with Crippen LogP contribution >= 0.6 is 0 Å². The van der Waals surface area contributed by atoms with E-state index in [1.54, 1.807) is 0 Å². The van der Waals surface area contributed by atoms with Crippen LogP contribution in [0.5, 0.6) is 0 Å². The van der Waals surface area contributed by atoms with E-state index in [9.17, 15) is 0 Å². The fourth-order valence-electron chi connectivity index (χ4n) is 1.19. The van der Waals surface area contributed by atoms with Crippen molar-refractivity contribution >= 4 is 5.95 Å². The van der Waals surface area contributed by atoms with E-state index in [4.69, 9.17) is 0 Å². The molecule has 0 amide bonds. The molecule has 1 N–H and O–H groups in total. The molecule has 0 aliphatic carbocycles. The standard InChI is InChI=1S/C11H19N3/c1-7(2)9-6-10(8(3)4)14-11(12-5)13-9/h6-8H,1-5H3,(H,12,13,14). The fraction of sp³-hybridized carbons (Fsp3) is 0.636. The maximum atomic E-state index is 4.41. The summed E-state index contributed by atoms with van der Waals surface area (Å²) in [6.07, 6.45) is 0. The first-order chi connectivity index (χ1) is 6.54. The molecule has 1 rings (SSSR count). The van der Waals surface area contributed by atoms with Crippen molar-refractivity contribution in [3.63, 3.8) is 0 Å². The molecule has 1 heterocycles. The zero-order valence-electron chi connectivity index (χ0n) is 9.63. The van der Waals surface area contributed by atoms with Crippen molar-refractivity contribution in [2.75, 3.05) is 12.4 Å². The Balaban J connectivity index is 3.13. The lowest BCUT2D eigenvalue weighted by molar-refractivity contribution is 0.770. The van der Waals surface area contributed by atoms with Crippen LogP contribution in [0.25, 0.3) is 0 Å². The SMILES string of the molecule is CNc1nc(C(C)C)cc(C(C)C)n1. The van der Waals surface area contributed by atoms with Crippen molar-refractivity contribution in [2.45, 2.75) is 39.5 Å². The van der Waals surface area contributed by atoms with Gasteiger partial charge in [-0.15, -0.1) is 0 Å². The van der Waals surface area contributed by atoms with E-state index < -0.39 is 0 Å². The summed E-state index contributed by atoms with van der Waals surface area (Å²) < 4.78 is 0. The van der Waals surface area contributed by atoms with Gasteiger partial charge in [-0.3, -0.25) is 0 Å². The number of hydrogen-bond acceptors (Lipinski definition) is 3. The fourth-order valence-corrected chi connectivity index (χ4v) is 1.19. The highest BCUT2D eigenvalue weighted by atomic mass is 15.1. The minimum atomic E-state index is 0.447. The monoisotopic (exact) mass is 193 g/mol. The van der Waals surface area contributed by atoms with E-state index in [1.165, 1.54) is 0 Å². The average Bonchev–Trinajstić information content (AvgIpc) is 2.16. The zero-order chi connectivity index (χ0) is 10.7. The summed E-state index contributed by atoms with van der Waals surface area (Å²) in [6, 6.07) is 2.09. The van der Waals surface area contributed by atoms with Gasteiger partial charge in [-0.05, 0) is 17.9 Å². The normalized spacial score (nSPS) is 11.1. The quantitative estimate of drug-likeness (QED) is 0.802. The van der Waals surface area contributed by atoms with Gasteiger partial charge in [-0.25, -0.2) is 9.97 Å². The Morgan fingerprint density at radius 1 is 1.00 bits per heavy atom. The summed E-state index contributed by atoms with van der Waals surface area (Å²) in [7, 11) is 1.85. The Morgan fingerprint density at radius 2 is 1.43 bits per heavy atom. The van der Waals surface area contributed by atoms with Crippen molar-refractivity contribution in [1.82, 2.24) is 9.97 Å². The van der Waals surface area contributed by atoms with Crippen LogP contribution in [0.4, 0.5) is 5.95 Å². The summed E-state index contributed by atoms with van der Waals surface area (Å²) >= 11 is 0. The minimum Gasteiger partial charge on any atom is -0.357 e. The van der Waals surface area contributed by atoms with Crippen LogP contribution in [-0.4, -0.2) is 17.0 Å². The Hall–Kier alpha value is -1.12. The molecule has 0 unspecified atom stereocenters. The van der Waals surface area contributed by atoms with Crippen LogP contribution in [0.3, 0.4) is 0 Å². The molecule has 0 bridgehead atoms. The third kappa shape index (κ3) is 2.44. The highest BCUT2D eigenvalue weighted by molar-refractivity contribution is 5.29. The van der Waals surface area contributed by atoms with Gasteiger partial charge in [0.2, 0.25) is 5.95 Å². The molecule has 3 nitrogen and oxygen atoms in total. The van der Waals surface area contributed by atoms with E-state index >= 15 is 0 Å². The maximum Gasteiger partial charge on any atom is 0.222 e. The van der Waals surface area contributed by atoms with E-state index in [1.807, 2.05) is 7.05 Å². The minimum absolute atomic E-state index is 0.447. The predicted octanol–water partition coefficient (Wildman–Crippen LogP) is 2.77. The first-order valence-corrected chi connectivity index (χ1v) is 5.11. The number of anilines is 1. The maximum absolute atomic E-state index is 4.41. The molecule has 14 heavy (non-hydrogen) atoms. The largest absolute Gasteiger partial charge is 0.357 e. The second kappa shape index (κ2) is 4.40. The first-order valence-electron chi connectivity index (χ1n) is 5.11. The second-order valence-corrected chi connectivity index (χ2v) is 4.10. The molecule has 0 spiro atoms. The van der Waals surface area contributed by atoms with Crippen molar-refractivity contribution in [3.8, 4) is 0 Å². The van der Waals surface area contributed by atoms with Gasteiger partial charge in [-0.2, -0.15) is 0 Å². The third-order valence-electron chi connectivity index (χ3n) is 2.17. The Morgan fingerprint density at radius 3 is 1.71 bits per heavy atom. The van der Waals surface area contributed by atoms with Crippen LogP contribution in [0.2, 0.25) is 0 Å². The second-order valence-electron chi connectivity index (χ2n) is 4.10. The van der Waals surface area contributed by atoms with Crippen LogP contribution < -0.4 is 5.32 Å². The zero-order valence-corrected chi connectivity index (χ0v) is 9.63. The third-order valence-corrected chi connectivity index (χ3v) is 2.17. The van der Waals surface area contributed by atoms with E-state index in [2.05, 4.69) is 49.0 Å². The molecule has 3 heteroatoms. The molecule has 0 saturated heterocycles. The molecule has 0 aliphatic heterocycles. The Bertz CT molecular complexity index is 279. The van der Waals surface area contributed by atoms with Crippen molar-refractivity contribution in [3.05, 3.63) is 17.5 Å². The molecule has 0 radical (unpaired) electrons. The molecule has 78 valence electrons. The Kier molecular flexibility index (Phi) is 3.44. The number of rotatable bonds is 3. The van der Waals surface area contributed by atoms with Gasteiger partial charge in [-0.1, -0.05) is 27.7 Å². The molecular weight excluding hydrogens is 174 g/mol. The van der Waals surface area contributed by atoms with Gasteiger partial charge < -0.3 is 5.32 Å². The van der Waals surface area contributed by atoms with Crippen molar-refractivity contribution in [1.29, 1.82) is 0 Å². The summed E-state index contributed by atoms with van der Waals surface area (Å²) in [4.78, 5) is 8.82.